The number of alkyl halides is 3. The Labute approximate surface area is 171 Å². The number of nitrogens with zero attached hydrogens (tertiary/aromatic N) is 4. The Bertz CT molecular complexity index is 1190. The Morgan fingerprint density at radius 3 is 2.47 bits per heavy atom. The summed E-state index contributed by atoms with van der Waals surface area (Å²) in [5.74, 6) is 0.456. The fourth-order valence-corrected chi connectivity index (χ4v) is 3.83. The van der Waals surface area contributed by atoms with Crippen LogP contribution in [0.3, 0.4) is 0 Å². The van der Waals surface area contributed by atoms with Crippen LogP contribution in [-0.4, -0.2) is 40.3 Å². The van der Waals surface area contributed by atoms with Crippen LogP contribution < -0.4 is 4.74 Å². The van der Waals surface area contributed by atoms with Gasteiger partial charge in [0, 0.05) is 13.1 Å². The zero-order valence-electron chi connectivity index (χ0n) is 16.9. The van der Waals surface area contributed by atoms with Gasteiger partial charge < -0.3 is 9.30 Å². The molecule has 0 unspecified atom stereocenters. The summed E-state index contributed by atoms with van der Waals surface area (Å²) in [4.78, 5) is 11.8. The van der Waals surface area contributed by atoms with Crippen molar-refractivity contribution in [1.82, 2.24) is 19.5 Å². The Hall–Kier alpha value is -2.69. The van der Waals surface area contributed by atoms with Gasteiger partial charge in [-0.05, 0) is 12.0 Å². The fraction of sp³-hybridized carbons (Fsp3) is 0.421. The summed E-state index contributed by atoms with van der Waals surface area (Å²) in [5.41, 5.74) is -0.677. The summed E-state index contributed by atoms with van der Waals surface area (Å²) in [7, 11) is -2.15. The highest BCUT2D eigenvalue weighted by Crippen LogP contribution is 2.33. The van der Waals surface area contributed by atoms with E-state index in [9.17, 15) is 21.6 Å². The number of ether oxygens (including phenoxy) is 1. The highest BCUT2D eigenvalue weighted by molar-refractivity contribution is 7.91. The van der Waals surface area contributed by atoms with Crippen molar-refractivity contribution >= 4 is 20.9 Å². The summed E-state index contributed by atoms with van der Waals surface area (Å²) < 4.78 is 71.4. The molecule has 0 saturated heterocycles. The van der Waals surface area contributed by atoms with Crippen LogP contribution in [0.25, 0.3) is 22.6 Å². The van der Waals surface area contributed by atoms with Gasteiger partial charge in [0.05, 0.1) is 35.8 Å². The van der Waals surface area contributed by atoms with Crippen molar-refractivity contribution < 1.29 is 26.3 Å². The van der Waals surface area contributed by atoms with Crippen LogP contribution in [0.5, 0.6) is 5.75 Å². The first-order chi connectivity index (χ1) is 13.9. The van der Waals surface area contributed by atoms with E-state index in [1.807, 2.05) is 13.8 Å². The summed E-state index contributed by atoms with van der Waals surface area (Å²) in [6, 6.07) is 2.20. The molecule has 0 spiro atoms. The van der Waals surface area contributed by atoms with Gasteiger partial charge in [0.25, 0.3) is 0 Å². The van der Waals surface area contributed by atoms with Gasteiger partial charge in [0.1, 0.15) is 22.0 Å². The van der Waals surface area contributed by atoms with Crippen LogP contribution in [0.1, 0.15) is 26.5 Å². The first kappa shape index (κ1) is 22.0. The number of pyridine rings is 2. The highest BCUT2D eigenvalue weighted by atomic mass is 32.2. The molecule has 11 heteroatoms. The molecule has 0 saturated carbocycles. The number of sulfone groups is 1. The third-order valence-corrected chi connectivity index (χ3v) is 6.14. The zero-order valence-corrected chi connectivity index (χ0v) is 17.7. The van der Waals surface area contributed by atoms with Crippen LogP contribution in [0, 0.1) is 5.92 Å². The van der Waals surface area contributed by atoms with Gasteiger partial charge >= 0.3 is 6.18 Å². The molecule has 3 heterocycles. The molecule has 30 heavy (non-hydrogen) atoms. The Morgan fingerprint density at radius 1 is 1.17 bits per heavy atom. The SMILES string of the molecule is CCS(=O)(=O)c1cc(OCC(C)C)cnc1-c1nc2cc(C(F)(F)F)ncc2n1C. The van der Waals surface area contributed by atoms with Gasteiger partial charge in [0.2, 0.25) is 0 Å². The molecular formula is C19H21F3N4O3S. The minimum absolute atomic E-state index is 0.0385. The van der Waals surface area contributed by atoms with Crippen molar-refractivity contribution in [3.63, 3.8) is 0 Å². The smallest absolute Gasteiger partial charge is 0.433 e. The lowest BCUT2D eigenvalue weighted by Crippen LogP contribution is -2.10. The fourth-order valence-electron chi connectivity index (χ4n) is 2.78. The highest BCUT2D eigenvalue weighted by Gasteiger charge is 2.33. The number of halogens is 3. The Morgan fingerprint density at radius 2 is 1.87 bits per heavy atom. The summed E-state index contributed by atoms with van der Waals surface area (Å²) in [6.07, 6.45) is -2.18. The van der Waals surface area contributed by atoms with E-state index in [2.05, 4.69) is 15.0 Å². The standard InChI is InChI=1S/C19H21F3N4O3S/c1-5-30(27,28)15-6-12(29-10-11(2)3)8-24-17(15)18-25-13-7-16(19(20,21)22)23-9-14(13)26(18)4/h6-9,11H,5,10H2,1-4H3. The number of hydrogen-bond donors (Lipinski definition) is 0. The lowest BCUT2D eigenvalue weighted by molar-refractivity contribution is -0.141. The molecule has 162 valence electrons. The third-order valence-electron chi connectivity index (χ3n) is 4.40. The van der Waals surface area contributed by atoms with Crippen molar-refractivity contribution in [1.29, 1.82) is 0 Å². The molecule has 0 aliphatic heterocycles. The third kappa shape index (κ3) is 4.25. The normalized spacial score (nSPS) is 12.7. The van der Waals surface area contributed by atoms with Gasteiger partial charge in [-0.1, -0.05) is 20.8 Å². The van der Waals surface area contributed by atoms with E-state index in [4.69, 9.17) is 4.74 Å². The molecule has 0 bridgehead atoms. The number of fused-ring (bicyclic) bond motifs is 1. The average molecular weight is 442 g/mol. The molecule has 7 nitrogen and oxygen atoms in total. The molecule has 0 amide bonds. The van der Waals surface area contributed by atoms with Crippen LogP contribution in [-0.2, 0) is 23.1 Å². The van der Waals surface area contributed by atoms with E-state index in [-0.39, 0.29) is 33.6 Å². The van der Waals surface area contributed by atoms with E-state index in [1.165, 1.54) is 23.8 Å². The predicted molar refractivity (Wildman–Crippen MR) is 105 cm³/mol. The topological polar surface area (TPSA) is 87.0 Å². The molecule has 0 fully saturated rings. The molecular weight excluding hydrogens is 421 g/mol. The van der Waals surface area contributed by atoms with Crippen LogP contribution >= 0.6 is 0 Å². The number of imidazole rings is 1. The maximum atomic E-state index is 13.0. The van der Waals surface area contributed by atoms with E-state index in [0.717, 1.165) is 12.3 Å². The van der Waals surface area contributed by atoms with Crippen LogP contribution in [0.4, 0.5) is 13.2 Å². The minimum atomic E-state index is -4.61. The van der Waals surface area contributed by atoms with E-state index >= 15 is 0 Å². The second-order valence-electron chi connectivity index (χ2n) is 7.18. The molecule has 0 aliphatic carbocycles. The van der Waals surface area contributed by atoms with Gasteiger partial charge in [-0.15, -0.1) is 0 Å². The van der Waals surface area contributed by atoms with Crippen LogP contribution in [0.2, 0.25) is 0 Å². The number of aromatic nitrogens is 4. The Kier molecular flexibility index (Phi) is 5.76. The van der Waals surface area contributed by atoms with E-state index in [0.29, 0.717) is 17.9 Å². The van der Waals surface area contributed by atoms with Crippen molar-refractivity contribution in [2.45, 2.75) is 31.8 Å². The second kappa shape index (κ2) is 7.86. The monoisotopic (exact) mass is 442 g/mol. The quantitative estimate of drug-likeness (QED) is 0.576. The largest absolute Gasteiger partial charge is 0.492 e. The maximum Gasteiger partial charge on any atom is 0.433 e. The molecule has 3 rings (SSSR count). The van der Waals surface area contributed by atoms with E-state index in [1.54, 1.807) is 7.05 Å². The van der Waals surface area contributed by atoms with Crippen molar-refractivity contribution in [2.75, 3.05) is 12.4 Å². The lowest BCUT2D eigenvalue weighted by atomic mass is 10.2. The summed E-state index contributed by atoms with van der Waals surface area (Å²) in [5, 5.41) is 0. The first-order valence-electron chi connectivity index (χ1n) is 9.19. The minimum Gasteiger partial charge on any atom is -0.492 e. The molecule has 0 radical (unpaired) electrons. The number of rotatable bonds is 6. The van der Waals surface area contributed by atoms with Gasteiger partial charge in [-0.2, -0.15) is 13.2 Å². The molecule has 0 aromatic carbocycles. The van der Waals surface area contributed by atoms with Gasteiger partial charge in [0.15, 0.2) is 15.7 Å². The molecule has 0 aliphatic rings. The Balaban J connectivity index is 2.18. The summed E-state index contributed by atoms with van der Waals surface area (Å²) >= 11 is 0. The number of hydrogen-bond acceptors (Lipinski definition) is 6. The lowest BCUT2D eigenvalue weighted by Gasteiger charge is -2.13. The second-order valence-corrected chi connectivity index (χ2v) is 9.42. The van der Waals surface area contributed by atoms with E-state index < -0.39 is 21.7 Å². The van der Waals surface area contributed by atoms with Crippen LogP contribution in [0.15, 0.2) is 29.4 Å². The first-order valence-corrected chi connectivity index (χ1v) is 10.8. The zero-order chi connectivity index (χ0) is 22.3. The van der Waals surface area contributed by atoms with Crippen molar-refractivity contribution in [2.24, 2.45) is 13.0 Å². The predicted octanol–water partition coefficient (Wildman–Crippen LogP) is 3.88. The van der Waals surface area contributed by atoms with Crippen molar-refractivity contribution in [3.05, 3.63) is 30.2 Å². The molecule has 3 aromatic rings. The van der Waals surface area contributed by atoms with Gasteiger partial charge in [-0.3, -0.25) is 0 Å². The summed E-state index contributed by atoms with van der Waals surface area (Å²) in [6.45, 7) is 5.78. The number of aryl methyl sites for hydroxylation is 1. The molecule has 0 atom stereocenters. The average Bonchev–Trinajstić information content (AvgIpc) is 3.01. The van der Waals surface area contributed by atoms with Crippen molar-refractivity contribution in [3.8, 4) is 17.3 Å². The van der Waals surface area contributed by atoms with Gasteiger partial charge in [-0.25, -0.2) is 23.4 Å². The molecule has 3 aromatic heterocycles. The molecule has 0 N–H and O–H groups in total. The maximum absolute atomic E-state index is 13.0.